The van der Waals surface area contributed by atoms with E-state index in [1.54, 1.807) is 27.7 Å². The first kappa shape index (κ1) is 44.4. The van der Waals surface area contributed by atoms with Gasteiger partial charge >= 0.3 is 5.97 Å². The minimum absolute atomic E-state index is 0.0685. The molecule has 0 saturated carbocycles. The molecule has 18 atom stereocenters. The van der Waals surface area contributed by atoms with Crippen molar-refractivity contribution < 1.29 is 53.6 Å². The maximum absolute atomic E-state index is 14.2. The molecule has 300 valence electrons. The van der Waals surface area contributed by atoms with Crippen LogP contribution in [0.3, 0.4) is 0 Å². The maximum Gasteiger partial charge on any atom is 0.311 e. The standard InChI is InChI=1S/C38H72N2O11/c1-19(2)31-22(5)29(41)25(8)39-18-20(3)16-37(10,45)34(51-36-30(42)27(40(12)13)15-21(4)47-36)23(6)32(24(7)35(44)50-31)49-28-17-38(11,46-14)33(43)26(9)48-28/h19-34,36,39,41-43,45H,15-18H2,1-14H3/t20-,21-,22-,23+,24-,25-,26+,27+,28+,29+,30-,31-,32+,33+,34-,36+,37+,38-/m1/s1. The highest BCUT2D eigenvalue weighted by atomic mass is 16.7. The summed E-state index contributed by atoms with van der Waals surface area (Å²) in [6, 6.07) is -0.563. The normalized spacial score (nSPS) is 48.6. The van der Waals surface area contributed by atoms with Crippen LogP contribution in [-0.4, -0.2) is 144 Å². The molecule has 3 heterocycles. The van der Waals surface area contributed by atoms with Gasteiger partial charge in [-0.05, 0) is 86.9 Å². The zero-order valence-electron chi connectivity index (χ0n) is 33.7. The van der Waals surface area contributed by atoms with Crippen molar-refractivity contribution in [2.75, 3.05) is 27.7 Å². The van der Waals surface area contributed by atoms with E-state index in [9.17, 15) is 25.2 Å². The number of methoxy groups -OCH3 is 1. The van der Waals surface area contributed by atoms with E-state index in [4.69, 9.17) is 28.4 Å². The lowest BCUT2D eigenvalue weighted by molar-refractivity contribution is -0.317. The Morgan fingerprint density at radius 3 is 2.12 bits per heavy atom. The Labute approximate surface area is 307 Å². The summed E-state index contributed by atoms with van der Waals surface area (Å²) in [7, 11) is 5.33. The molecule has 3 saturated heterocycles. The molecule has 0 aromatic heterocycles. The third kappa shape index (κ3) is 10.6. The SMILES string of the molecule is CO[C@]1(C)C[C@H](O[C@H]2[C@H](C)[C@@H](O[C@@H]3O[C@H](C)C[C@H](N(C)C)[C@H]3O)[C@@](C)(O)C[C@@H](C)CN[C@H](C)[C@@H](O)[C@@H](C)[C@@H](C(C)C)OC(=O)[C@@H]2C)O[C@@H](C)[C@@H]1O. The lowest BCUT2D eigenvalue weighted by atomic mass is 9.77. The van der Waals surface area contributed by atoms with Crippen molar-refractivity contribution in [2.45, 2.75) is 180 Å². The number of carbonyl (C=O) groups excluding carboxylic acids is 1. The maximum atomic E-state index is 14.2. The number of rotatable bonds is 7. The van der Waals surface area contributed by atoms with E-state index in [2.05, 4.69) is 5.32 Å². The van der Waals surface area contributed by atoms with Gasteiger partial charge in [0, 0.05) is 37.5 Å². The van der Waals surface area contributed by atoms with Crippen LogP contribution in [0, 0.1) is 29.6 Å². The first-order chi connectivity index (χ1) is 23.5. The van der Waals surface area contributed by atoms with Crippen molar-refractivity contribution in [1.82, 2.24) is 10.2 Å². The van der Waals surface area contributed by atoms with Gasteiger partial charge in [-0.2, -0.15) is 0 Å². The number of hydrogen-bond donors (Lipinski definition) is 5. The average molecular weight is 733 g/mol. The van der Waals surface area contributed by atoms with Gasteiger partial charge < -0.3 is 59.1 Å². The topological polar surface area (TPSA) is 169 Å². The number of aliphatic hydroxyl groups is 4. The van der Waals surface area contributed by atoms with Gasteiger partial charge in [0.1, 0.15) is 18.3 Å². The van der Waals surface area contributed by atoms with E-state index in [1.165, 1.54) is 7.11 Å². The molecule has 0 spiro atoms. The molecule has 13 heteroatoms. The van der Waals surface area contributed by atoms with E-state index in [-0.39, 0.29) is 48.8 Å². The van der Waals surface area contributed by atoms with Crippen LogP contribution in [0.2, 0.25) is 0 Å². The third-order valence-electron chi connectivity index (χ3n) is 11.8. The molecular weight excluding hydrogens is 660 g/mol. The van der Waals surface area contributed by atoms with Crippen LogP contribution >= 0.6 is 0 Å². The molecule has 0 unspecified atom stereocenters. The molecule has 0 aromatic rings. The van der Waals surface area contributed by atoms with Crippen LogP contribution < -0.4 is 5.32 Å². The summed E-state index contributed by atoms with van der Waals surface area (Å²) in [4.78, 5) is 16.2. The molecule has 0 radical (unpaired) electrons. The lowest BCUT2D eigenvalue weighted by Crippen LogP contribution is -2.60. The van der Waals surface area contributed by atoms with Gasteiger partial charge in [-0.25, -0.2) is 0 Å². The fraction of sp³-hybridized carbons (Fsp3) is 0.974. The Balaban J connectivity index is 2.14. The second-order valence-electron chi connectivity index (χ2n) is 17.2. The molecule has 0 aliphatic carbocycles. The highest BCUT2D eigenvalue weighted by Gasteiger charge is 2.51. The monoisotopic (exact) mass is 733 g/mol. The summed E-state index contributed by atoms with van der Waals surface area (Å²) in [5.41, 5.74) is -2.49. The number of hydrogen-bond acceptors (Lipinski definition) is 13. The van der Waals surface area contributed by atoms with E-state index >= 15 is 0 Å². The lowest BCUT2D eigenvalue weighted by Gasteiger charge is -2.48. The van der Waals surface area contributed by atoms with Crippen molar-refractivity contribution >= 4 is 5.97 Å². The molecule has 51 heavy (non-hydrogen) atoms. The number of esters is 1. The van der Waals surface area contributed by atoms with Gasteiger partial charge in [-0.3, -0.25) is 4.79 Å². The number of carbonyl (C=O) groups is 1. The molecule has 0 bridgehead atoms. The molecule has 13 nitrogen and oxygen atoms in total. The van der Waals surface area contributed by atoms with Gasteiger partial charge in [0.2, 0.25) is 0 Å². The van der Waals surface area contributed by atoms with E-state index in [0.717, 1.165) is 0 Å². The Bertz CT molecular complexity index is 1100. The third-order valence-corrected chi connectivity index (χ3v) is 11.8. The first-order valence-corrected chi connectivity index (χ1v) is 19.1. The zero-order valence-corrected chi connectivity index (χ0v) is 33.7. The van der Waals surface area contributed by atoms with Gasteiger partial charge in [-0.15, -0.1) is 0 Å². The number of cyclic esters (lactones) is 1. The Kier molecular flexibility index (Phi) is 15.8. The number of nitrogens with zero attached hydrogens (tertiary/aromatic N) is 1. The smallest absolute Gasteiger partial charge is 0.311 e. The zero-order chi connectivity index (χ0) is 38.7. The summed E-state index contributed by atoms with van der Waals surface area (Å²) < 4.78 is 37.8. The van der Waals surface area contributed by atoms with Crippen LogP contribution in [0.25, 0.3) is 0 Å². The van der Waals surface area contributed by atoms with E-state index in [1.807, 2.05) is 67.5 Å². The molecular formula is C38H72N2O11. The molecule has 0 amide bonds. The predicted octanol–water partition coefficient (Wildman–Crippen LogP) is 2.69. The number of likely N-dealkylation sites (N-methyl/N-ethyl adjacent to an activating group) is 1. The van der Waals surface area contributed by atoms with Gasteiger partial charge in [-0.1, -0.05) is 34.6 Å². The summed E-state index contributed by atoms with van der Waals surface area (Å²) in [6.07, 6.45) is -7.03. The second kappa shape index (κ2) is 18.1. The molecule has 3 fully saturated rings. The predicted molar refractivity (Wildman–Crippen MR) is 193 cm³/mol. The van der Waals surface area contributed by atoms with Crippen LogP contribution in [0.15, 0.2) is 0 Å². The largest absolute Gasteiger partial charge is 0.461 e. The van der Waals surface area contributed by atoms with Gasteiger partial charge in [0.05, 0.1) is 47.6 Å². The van der Waals surface area contributed by atoms with Crippen molar-refractivity contribution in [3.05, 3.63) is 0 Å². The van der Waals surface area contributed by atoms with Crippen molar-refractivity contribution in [2.24, 2.45) is 29.6 Å². The van der Waals surface area contributed by atoms with Gasteiger partial charge in [0.25, 0.3) is 0 Å². The van der Waals surface area contributed by atoms with E-state index < -0.39 is 84.3 Å². The van der Waals surface area contributed by atoms with Crippen LogP contribution in [-0.2, 0) is 33.2 Å². The summed E-state index contributed by atoms with van der Waals surface area (Å²) in [5.74, 6) is -2.65. The van der Waals surface area contributed by atoms with Crippen molar-refractivity contribution in [3.63, 3.8) is 0 Å². The minimum Gasteiger partial charge on any atom is -0.461 e. The molecule has 5 N–H and O–H groups in total. The summed E-state index contributed by atoms with van der Waals surface area (Å²) >= 11 is 0. The molecule has 3 aliphatic rings. The highest BCUT2D eigenvalue weighted by molar-refractivity contribution is 5.73. The van der Waals surface area contributed by atoms with E-state index in [0.29, 0.717) is 13.0 Å². The Morgan fingerprint density at radius 2 is 1.55 bits per heavy atom. The summed E-state index contributed by atoms with van der Waals surface area (Å²) in [6.45, 7) is 21.0. The highest BCUT2D eigenvalue weighted by Crippen LogP contribution is 2.39. The van der Waals surface area contributed by atoms with Crippen molar-refractivity contribution in [1.29, 1.82) is 0 Å². The fourth-order valence-corrected chi connectivity index (χ4v) is 8.55. The average Bonchev–Trinajstić information content (AvgIpc) is 3.05. The quantitative estimate of drug-likeness (QED) is 0.243. The molecule has 3 rings (SSSR count). The molecule has 3 aliphatic heterocycles. The van der Waals surface area contributed by atoms with Crippen LogP contribution in [0.4, 0.5) is 0 Å². The van der Waals surface area contributed by atoms with Crippen LogP contribution in [0.1, 0.15) is 95.4 Å². The molecule has 0 aromatic carbocycles. The number of aliphatic hydroxyl groups excluding tert-OH is 3. The van der Waals surface area contributed by atoms with Gasteiger partial charge in [0.15, 0.2) is 12.6 Å². The number of nitrogens with one attached hydrogen (secondary N) is 1. The fourth-order valence-electron chi connectivity index (χ4n) is 8.55. The summed E-state index contributed by atoms with van der Waals surface area (Å²) in [5, 5.41) is 49.7. The Morgan fingerprint density at radius 1 is 0.922 bits per heavy atom. The Hall–Kier alpha value is -0.970. The second-order valence-corrected chi connectivity index (χ2v) is 17.2. The van der Waals surface area contributed by atoms with Crippen molar-refractivity contribution in [3.8, 4) is 0 Å². The first-order valence-electron chi connectivity index (χ1n) is 19.1. The van der Waals surface area contributed by atoms with Crippen LogP contribution in [0.5, 0.6) is 0 Å². The minimum atomic E-state index is -1.50. The number of ether oxygens (including phenoxy) is 6.